The summed E-state index contributed by atoms with van der Waals surface area (Å²) >= 11 is 0. The number of carbonyl (C=O) groups excluding carboxylic acids is 1. The van der Waals surface area contributed by atoms with Gasteiger partial charge in [0.15, 0.2) is 18.1 Å². The second-order valence-electron chi connectivity index (χ2n) is 9.10. The lowest BCUT2D eigenvalue weighted by atomic mass is 10.0. The van der Waals surface area contributed by atoms with Gasteiger partial charge in [-0.3, -0.25) is 9.69 Å². The van der Waals surface area contributed by atoms with E-state index in [0.717, 1.165) is 31.9 Å². The number of nitrogens with one attached hydrogen (secondary N) is 1. The molecule has 4 rings (SSSR count). The van der Waals surface area contributed by atoms with Gasteiger partial charge in [0.1, 0.15) is 0 Å². The van der Waals surface area contributed by atoms with Crippen molar-refractivity contribution in [3.05, 3.63) is 84.4 Å². The lowest BCUT2D eigenvalue weighted by Crippen LogP contribution is -2.50. The van der Waals surface area contributed by atoms with Crippen molar-refractivity contribution in [2.45, 2.75) is 6.04 Å². The van der Waals surface area contributed by atoms with Crippen LogP contribution in [0, 0.1) is 0 Å². The number of para-hydroxylation sites is 3. The van der Waals surface area contributed by atoms with E-state index in [-0.39, 0.29) is 18.6 Å². The molecule has 1 N–H and O–H groups in total. The van der Waals surface area contributed by atoms with E-state index in [0.29, 0.717) is 18.0 Å². The van der Waals surface area contributed by atoms with Gasteiger partial charge in [-0.2, -0.15) is 0 Å². The van der Waals surface area contributed by atoms with E-state index >= 15 is 0 Å². The molecule has 0 bridgehead atoms. The number of carbonyl (C=O) groups is 1. The number of ether oxygens (including phenoxy) is 2. The summed E-state index contributed by atoms with van der Waals surface area (Å²) in [5.74, 6) is 1.02. The van der Waals surface area contributed by atoms with Crippen molar-refractivity contribution in [1.29, 1.82) is 0 Å². The molecule has 1 aliphatic heterocycles. The molecular formula is C29H36N4O3. The van der Waals surface area contributed by atoms with E-state index in [1.54, 1.807) is 13.2 Å². The lowest BCUT2D eigenvalue weighted by molar-refractivity contribution is -0.123. The van der Waals surface area contributed by atoms with Gasteiger partial charge in [0, 0.05) is 58.2 Å². The standard InChI is InChI=1S/C29H36N4O3/c1-31(2)24-15-13-23(14-16-24)26(33-19-17-32(18-20-33)25-9-5-4-6-10-25)21-30-29(34)22-36-28-12-8-7-11-27(28)35-3/h4-16,26H,17-22H2,1-3H3,(H,30,34)/t26-/m0/s1. The van der Waals surface area contributed by atoms with Crippen molar-refractivity contribution in [1.82, 2.24) is 10.2 Å². The zero-order valence-electron chi connectivity index (χ0n) is 21.4. The smallest absolute Gasteiger partial charge is 0.258 e. The largest absolute Gasteiger partial charge is 0.493 e. The fourth-order valence-electron chi connectivity index (χ4n) is 4.53. The Morgan fingerprint density at radius 2 is 1.53 bits per heavy atom. The normalized spacial score (nSPS) is 14.7. The third-order valence-corrected chi connectivity index (χ3v) is 6.59. The van der Waals surface area contributed by atoms with Gasteiger partial charge < -0.3 is 24.6 Å². The molecule has 7 nitrogen and oxygen atoms in total. The van der Waals surface area contributed by atoms with E-state index in [2.05, 4.69) is 68.5 Å². The number of anilines is 2. The number of methoxy groups -OCH3 is 1. The average molecular weight is 489 g/mol. The summed E-state index contributed by atoms with van der Waals surface area (Å²) in [6, 6.07) is 26.6. The van der Waals surface area contributed by atoms with Gasteiger partial charge in [-0.25, -0.2) is 0 Å². The summed E-state index contributed by atoms with van der Waals surface area (Å²) in [7, 11) is 5.67. The van der Waals surface area contributed by atoms with Gasteiger partial charge in [-0.15, -0.1) is 0 Å². The van der Waals surface area contributed by atoms with E-state index in [9.17, 15) is 4.79 Å². The van der Waals surface area contributed by atoms with Gasteiger partial charge in [0.2, 0.25) is 0 Å². The number of benzene rings is 3. The van der Waals surface area contributed by atoms with Crippen LogP contribution in [-0.2, 0) is 4.79 Å². The zero-order chi connectivity index (χ0) is 25.3. The van der Waals surface area contributed by atoms with Crippen molar-refractivity contribution in [2.75, 3.05) is 70.3 Å². The second kappa shape index (κ2) is 12.3. The molecule has 0 saturated carbocycles. The minimum absolute atomic E-state index is 0.0611. The van der Waals surface area contributed by atoms with Crippen LogP contribution in [0.25, 0.3) is 0 Å². The number of hydrogen-bond donors (Lipinski definition) is 1. The minimum Gasteiger partial charge on any atom is -0.493 e. The highest BCUT2D eigenvalue weighted by molar-refractivity contribution is 5.77. The summed E-state index contributed by atoms with van der Waals surface area (Å²) in [5.41, 5.74) is 3.60. The Hall–Kier alpha value is -3.71. The Kier molecular flexibility index (Phi) is 8.68. The predicted octanol–water partition coefficient (Wildman–Crippen LogP) is 3.82. The highest BCUT2D eigenvalue weighted by atomic mass is 16.5. The van der Waals surface area contributed by atoms with Crippen molar-refractivity contribution in [2.24, 2.45) is 0 Å². The molecule has 1 aliphatic rings. The minimum atomic E-state index is -0.154. The predicted molar refractivity (Wildman–Crippen MR) is 145 cm³/mol. The number of amides is 1. The van der Waals surface area contributed by atoms with E-state index in [1.807, 2.05) is 38.4 Å². The molecule has 36 heavy (non-hydrogen) atoms. The molecule has 190 valence electrons. The van der Waals surface area contributed by atoms with Crippen LogP contribution >= 0.6 is 0 Å². The van der Waals surface area contributed by atoms with Crippen LogP contribution in [0.1, 0.15) is 11.6 Å². The molecule has 3 aromatic rings. The summed E-state index contributed by atoms with van der Waals surface area (Å²) in [6.45, 7) is 4.18. The maximum Gasteiger partial charge on any atom is 0.258 e. The SMILES string of the molecule is COc1ccccc1OCC(=O)NC[C@@H](c1ccc(N(C)C)cc1)N1CCN(c2ccccc2)CC1. The molecule has 0 aromatic heterocycles. The molecule has 0 spiro atoms. The van der Waals surface area contributed by atoms with E-state index in [4.69, 9.17) is 9.47 Å². The number of hydrogen-bond acceptors (Lipinski definition) is 6. The highest BCUT2D eigenvalue weighted by Crippen LogP contribution is 2.27. The van der Waals surface area contributed by atoms with Crippen LogP contribution in [0.3, 0.4) is 0 Å². The third kappa shape index (κ3) is 6.49. The molecule has 1 fully saturated rings. The van der Waals surface area contributed by atoms with E-state index in [1.165, 1.54) is 11.3 Å². The van der Waals surface area contributed by atoms with Crippen LogP contribution in [-0.4, -0.2) is 71.3 Å². The Morgan fingerprint density at radius 3 is 2.17 bits per heavy atom. The Labute approximate surface area is 214 Å². The summed E-state index contributed by atoms with van der Waals surface area (Å²) < 4.78 is 11.0. The van der Waals surface area contributed by atoms with Gasteiger partial charge in [-0.1, -0.05) is 42.5 Å². The van der Waals surface area contributed by atoms with Crippen molar-refractivity contribution >= 4 is 17.3 Å². The average Bonchev–Trinajstić information content (AvgIpc) is 2.93. The topological polar surface area (TPSA) is 57.3 Å². The molecule has 0 radical (unpaired) electrons. The first-order chi connectivity index (χ1) is 17.5. The van der Waals surface area contributed by atoms with Gasteiger partial charge in [0.05, 0.1) is 13.2 Å². The molecule has 7 heteroatoms. The fourth-order valence-corrected chi connectivity index (χ4v) is 4.53. The van der Waals surface area contributed by atoms with Crippen LogP contribution in [0.2, 0.25) is 0 Å². The Bertz CT molecular complexity index is 1100. The quantitative estimate of drug-likeness (QED) is 0.468. The third-order valence-electron chi connectivity index (χ3n) is 6.59. The molecule has 1 saturated heterocycles. The molecule has 0 aliphatic carbocycles. The Balaban J connectivity index is 1.40. The van der Waals surface area contributed by atoms with E-state index < -0.39 is 0 Å². The lowest BCUT2D eigenvalue weighted by Gasteiger charge is -2.40. The van der Waals surface area contributed by atoms with Crippen molar-refractivity contribution in [3.63, 3.8) is 0 Å². The van der Waals surface area contributed by atoms with Crippen LogP contribution in [0.4, 0.5) is 11.4 Å². The first-order valence-electron chi connectivity index (χ1n) is 12.4. The number of rotatable bonds is 10. The van der Waals surface area contributed by atoms with Crippen LogP contribution in [0.15, 0.2) is 78.9 Å². The molecule has 1 amide bonds. The summed E-state index contributed by atoms with van der Waals surface area (Å²) in [5, 5.41) is 3.10. The number of piperazine rings is 1. The second-order valence-corrected chi connectivity index (χ2v) is 9.10. The maximum atomic E-state index is 12.7. The van der Waals surface area contributed by atoms with Crippen LogP contribution < -0.4 is 24.6 Å². The molecule has 3 aromatic carbocycles. The summed E-state index contributed by atoms with van der Waals surface area (Å²) in [4.78, 5) is 19.7. The molecule has 1 atom stereocenters. The first kappa shape index (κ1) is 25.4. The van der Waals surface area contributed by atoms with Gasteiger partial charge in [-0.05, 0) is 42.0 Å². The monoisotopic (exact) mass is 488 g/mol. The van der Waals surface area contributed by atoms with Crippen LogP contribution in [0.5, 0.6) is 11.5 Å². The number of nitrogens with zero attached hydrogens (tertiary/aromatic N) is 3. The maximum absolute atomic E-state index is 12.7. The highest BCUT2D eigenvalue weighted by Gasteiger charge is 2.26. The molecule has 0 unspecified atom stereocenters. The van der Waals surface area contributed by atoms with Gasteiger partial charge in [0.25, 0.3) is 5.91 Å². The van der Waals surface area contributed by atoms with Crippen molar-refractivity contribution in [3.8, 4) is 11.5 Å². The molecule has 1 heterocycles. The Morgan fingerprint density at radius 1 is 0.889 bits per heavy atom. The fraction of sp³-hybridized carbons (Fsp3) is 0.345. The van der Waals surface area contributed by atoms with Crippen molar-refractivity contribution < 1.29 is 14.3 Å². The molecular weight excluding hydrogens is 452 g/mol. The summed E-state index contributed by atoms with van der Waals surface area (Å²) in [6.07, 6.45) is 0. The zero-order valence-corrected chi connectivity index (χ0v) is 21.4. The first-order valence-corrected chi connectivity index (χ1v) is 12.4. The van der Waals surface area contributed by atoms with Gasteiger partial charge >= 0.3 is 0 Å².